The summed E-state index contributed by atoms with van der Waals surface area (Å²) in [5.41, 5.74) is 2.02. The van der Waals surface area contributed by atoms with Crippen LogP contribution >= 0.6 is 0 Å². The fourth-order valence-electron chi connectivity index (χ4n) is 1.27. The van der Waals surface area contributed by atoms with E-state index in [4.69, 9.17) is 0 Å². The van der Waals surface area contributed by atoms with E-state index in [-0.39, 0.29) is 5.54 Å². The van der Waals surface area contributed by atoms with Crippen molar-refractivity contribution in [2.45, 2.75) is 19.4 Å². The molecular weight excluding hydrogens is 158 g/mol. The average Bonchev–Trinajstić information content (AvgIpc) is 2.22. The van der Waals surface area contributed by atoms with Gasteiger partial charge in [-0.1, -0.05) is 25.3 Å². The van der Waals surface area contributed by atoms with Crippen molar-refractivity contribution in [1.82, 2.24) is 0 Å². The first-order chi connectivity index (χ1) is 6.09. The molecule has 0 aromatic carbocycles. The topological polar surface area (TPSA) is 12.4 Å². The Morgan fingerprint density at radius 2 is 1.85 bits per heavy atom. The van der Waals surface area contributed by atoms with Crippen molar-refractivity contribution < 1.29 is 0 Å². The first kappa shape index (κ1) is 9.72. The second-order valence-corrected chi connectivity index (χ2v) is 3.56. The monoisotopic (exact) mass is 173 g/mol. The standard InChI is InChI=1S/C12H15N/c1-5-10-7-8-13-12(3,4)9-11(10)6-2/h5-9H,1-2H2,3-4H3. The molecule has 1 heterocycles. The van der Waals surface area contributed by atoms with Gasteiger partial charge in [-0.15, -0.1) is 0 Å². The van der Waals surface area contributed by atoms with Gasteiger partial charge in [0.15, 0.2) is 0 Å². The van der Waals surface area contributed by atoms with Crippen LogP contribution in [0.3, 0.4) is 0 Å². The zero-order chi connectivity index (χ0) is 9.90. The molecule has 0 amide bonds. The third-order valence-corrected chi connectivity index (χ3v) is 1.94. The zero-order valence-corrected chi connectivity index (χ0v) is 8.25. The van der Waals surface area contributed by atoms with Crippen LogP contribution in [0, 0.1) is 0 Å². The summed E-state index contributed by atoms with van der Waals surface area (Å²) in [6.07, 6.45) is 9.53. The summed E-state index contributed by atoms with van der Waals surface area (Å²) >= 11 is 0. The number of rotatable bonds is 2. The van der Waals surface area contributed by atoms with Gasteiger partial charge in [-0.25, -0.2) is 0 Å². The van der Waals surface area contributed by atoms with Crippen molar-refractivity contribution in [3.05, 3.63) is 48.6 Å². The molecule has 0 saturated carbocycles. The Hall–Kier alpha value is -1.37. The first-order valence-electron chi connectivity index (χ1n) is 4.33. The maximum atomic E-state index is 4.38. The summed E-state index contributed by atoms with van der Waals surface area (Å²) in [5.74, 6) is 0. The molecular formula is C12H15N. The quantitative estimate of drug-likeness (QED) is 0.608. The van der Waals surface area contributed by atoms with Crippen molar-refractivity contribution >= 4 is 6.21 Å². The largest absolute Gasteiger partial charge is 0.283 e. The van der Waals surface area contributed by atoms with Gasteiger partial charge in [0.1, 0.15) is 0 Å². The maximum Gasteiger partial charge on any atom is 0.0740 e. The molecule has 0 saturated heterocycles. The van der Waals surface area contributed by atoms with E-state index < -0.39 is 0 Å². The van der Waals surface area contributed by atoms with Crippen LogP contribution in [-0.4, -0.2) is 11.8 Å². The van der Waals surface area contributed by atoms with Crippen molar-refractivity contribution in [1.29, 1.82) is 0 Å². The van der Waals surface area contributed by atoms with Gasteiger partial charge in [-0.2, -0.15) is 0 Å². The van der Waals surface area contributed by atoms with Crippen LogP contribution in [0.1, 0.15) is 13.8 Å². The SMILES string of the molecule is C=CC1=CC=NC(C)(C)C=C1C=C. The van der Waals surface area contributed by atoms with Gasteiger partial charge in [0.2, 0.25) is 0 Å². The molecule has 13 heavy (non-hydrogen) atoms. The van der Waals surface area contributed by atoms with Gasteiger partial charge in [0, 0.05) is 6.21 Å². The second-order valence-electron chi connectivity index (χ2n) is 3.56. The highest BCUT2D eigenvalue weighted by Crippen LogP contribution is 2.22. The Morgan fingerprint density at radius 3 is 2.38 bits per heavy atom. The first-order valence-corrected chi connectivity index (χ1v) is 4.33. The lowest BCUT2D eigenvalue weighted by Gasteiger charge is -2.14. The predicted octanol–water partition coefficient (Wildman–Crippen LogP) is 3.07. The normalized spacial score (nSPS) is 19.8. The fourth-order valence-corrected chi connectivity index (χ4v) is 1.27. The summed E-state index contributed by atoms with van der Waals surface area (Å²) in [6.45, 7) is 11.7. The molecule has 0 bridgehead atoms. The molecule has 0 unspecified atom stereocenters. The zero-order valence-electron chi connectivity index (χ0n) is 8.25. The number of hydrogen-bond donors (Lipinski definition) is 0. The molecule has 1 heteroatoms. The molecule has 0 aliphatic carbocycles. The predicted molar refractivity (Wildman–Crippen MR) is 59.1 cm³/mol. The van der Waals surface area contributed by atoms with E-state index in [9.17, 15) is 0 Å². The average molecular weight is 173 g/mol. The maximum absolute atomic E-state index is 4.38. The third-order valence-electron chi connectivity index (χ3n) is 1.94. The molecule has 1 nitrogen and oxygen atoms in total. The number of nitrogens with zero attached hydrogens (tertiary/aromatic N) is 1. The summed E-state index contributed by atoms with van der Waals surface area (Å²) in [6, 6.07) is 0. The van der Waals surface area contributed by atoms with Gasteiger partial charge in [-0.05, 0) is 37.1 Å². The lowest BCUT2D eigenvalue weighted by atomic mass is 9.98. The summed E-state index contributed by atoms with van der Waals surface area (Å²) < 4.78 is 0. The summed E-state index contributed by atoms with van der Waals surface area (Å²) in [4.78, 5) is 4.38. The smallest absolute Gasteiger partial charge is 0.0740 e. The summed E-state index contributed by atoms with van der Waals surface area (Å²) in [5, 5.41) is 0. The van der Waals surface area contributed by atoms with Gasteiger partial charge in [-0.3, -0.25) is 4.99 Å². The van der Waals surface area contributed by atoms with E-state index in [1.165, 1.54) is 0 Å². The Balaban J connectivity index is 3.18. The number of allylic oxidation sites excluding steroid dienone is 5. The highest BCUT2D eigenvalue weighted by atomic mass is 14.8. The van der Waals surface area contributed by atoms with E-state index >= 15 is 0 Å². The van der Waals surface area contributed by atoms with Gasteiger partial charge in [0.25, 0.3) is 0 Å². The number of aliphatic imine (C=N–C) groups is 1. The minimum Gasteiger partial charge on any atom is -0.283 e. The molecule has 0 radical (unpaired) electrons. The molecule has 68 valence electrons. The van der Waals surface area contributed by atoms with Crippen LogP contribution < -0.4 is 0 Å². The number of hydrogen-bond acceptors (Lipinski definition) is 1. The lowest BCUT2D eigenvalue weighted by Crippen LogP contribution is -2.12. The Bertz CT molecular complexity index is 314. The second kappa shape index (κ2) is 3.56. The Labute approximate surface area is 79.9 Å². The van der Waals surface area contributed by atoms with E-state index in [2.05, 4.69) is 38.1 Å². The molecule has 0 aromatic heterocycles. The highest BCUT2D eigenvalue weighted by Gasteiger charge is 2.14. The molecule has 0 atom stereocenters. The molecule has 0 aromatic rings. The van der Waals surface area contributed by atoms with Crippen molar-refractivity contribution in [2.24, 2.45) is 4.99 Å². The Morgan fingerprint density at radius 1 is 1.23 bits per heavy atom. The fraction of sp³-hybridized carbons (Fsp3) is 0.250. The van der Waals surface area contributed by atoms with Gasteiger partial charge >= 0.3 is 0 Å². The van der Waals surface area contributed by atoms with Crippen molar-refractivity contribution in [3.8, 4) is 0 Å². The van der Waals surface area contributed by atoms with Gasteiger partial charge in [0.05, 0.1) is 5.54 Å². The Kier molecular flexibility index (Phi) is 2.66. The summed E-state index contributed by atoms with van der Waals surface area (Å²) in [7, 11) is 0. The van der Waals surface area contributed by atoms with Crippen LogP contribution in [-0.2, 0) is 0 Å². The molecule has 0 spiro atoms. The lowest BCUT2D eigenvalue weighted by molar-refractivity contribution is 0.660. The highest BCUT2D eigenvalue weighted by molar-refractivity contribution is 5.77. The molecule has 1 rings (SSSR count). The van der Waals surface area contributed by atoms with Crippen molar-refractivity contribution in [2.75, 3.05) is 0 Å². The van der Waals surface area contributed by atoms with Crippen LogP contribution in [0.4, 0.5) is 0 Å². The van der Waals surface area contributed by atoms with Crippen molar-refractivity contribution in [3.63, 3.8) is 0 Å². The minimum atomic E-state index is -0.148. The van der Waals surface area contributed by atoms with Crippen LogP contribution in [0.15, 0.2) is 53.6 Å². The van der Waals surface area contributed by atoms with E-state index in [0.717, 1.165) is 11.1 Å². The third kappa shape index (κ3) is 2.28. The minimum absolute atomic E-state index is 0.148. The van der Waals surface area contributed by atoms with E-state index in [0.29, 0.717) is 0 Å². The van der Waals surface area contributed by atoms with E-state index in [1.807, 2.05) is 24.4 Å². The molecule has 0 N–H and O–H groups in total. The van der Waals surface area contributed by atoms with Crippen LogP contribution in [0.5, 0.6) is 0 Å². The van der Waals surface area contributed by atoms with Crippen LogP contribution in [0.2, 0.25) is 0 Å². The van der Waals surface area contributed by atoms with Crippen LogP contribution in [0.25, 0.3) is 0 Å². The molecule has 0 fully saturated rings. The van der Waals surface area contributed by atoms with Gasteiger partial charge < -0.3 is 0 Å². The van der Waals surface area contributed by atoms with E-state index in [1.54, 1.807) is 0 Å². The molecule has 1 aliphatic rings. The molecule has 1 aliphatic heterocycles.